The Labute approximate surface area is 88.6 Å². The van der Waals surface area contributed by atoms with Gasteiger partial charge in [0.15, 0.2) is 11.5 Å². The zero-order valence-electron chi connectivity index (χ0n) is 9.07. The highest BCUT2D eigenvalue weighted by molar-refractivity contribution is 5.53. The minimum absolute atomic E-state index is 0.288. The van der Waals surface area contributed by atoms with Crippen LogP contribution in [0.2, 0.25) is 0 Å². The second-order valence-corrected chi connectivity index (χ2v) is 2.84. The van der Waals surface area contributed by atoms with Crippen LogP contribution in [0.15, 0.2) is 12.1 Å². The highest BCUT2D eigenvalue weighted by atomic mass is 16.6. The Morgan fingerprint density at radius 3 is 1.87 bits per heavy atom. The van der Waals surface area contributed by atoms with Gasteiger partial charge in [-0.05, 0) is 17.7 Å². The third kappa shape index (κ3) is 2.51. The van der Waals surface area contributed by atoms with E-state index in [1.807, 2.05) is 0 Å². The molecule has 84 valence electrons. The van der Waals surface area contributed by atoms with Gasteiger partial charge in [0, 0.05) is 0 Å². The molecule has 0 amide bonds. The molecule has 1 aromatic carbocycles. The maximum atomic E-state index is 5.17. The average molecular weight is 213 g/mol. The first kappa shape index (κ1) is 11.6. The number of benzene rings is 1. The summed E-state index contributed by atoms with van der Waals surface area (Å²) in [5.74, 6) is 6.73. The average Bonchev–Trinajstić information content (AvgIpc) is 2.28. The van der Waals surface area contributed by atoms with Gasteiger partial charge >= 0.3 is 0 Å². The van der Waals surface area contributed by atoms with Crippen LogP contribution in [-0.2, 0) is 11.4 Å². The maximum absolute atomic E-state index is 5.17. The predicted molar refractivity (Wildman–Crippen MR) is 55.1 cm³/mol. The summed E-state index contributed by atoms with van der Waals surface area (Å²) in [5, 5.41) is 0. The van der Waals surface area contributed by atoms with Crippen LogP contribution < -0.4 is 20.1 Å². The molecule has 0 aliphatic heterocycles. The van der Waals surface area contributed by atoms with Gasteiger partial charge in [-0.25, -0.2) is 5.90 Å². The SMILES string of the molecule is COc1cc(CON)cc(OC)c1OC. The van der Waals surface area contributed by atoms with Crippen molar-refractivity contribution in [3.63, 3.8) is 0 Å². The van der Waals surface area contributed by atoms with Gasteiger partial charge in [-0.3, -0.25) is 4.84 Å². The zero-order chi connectivity index (χ0) is 11.3. The summed E-state index contributed by atoms with van der Waals surface area (Å²) in [6.45, 7) is 0.288. The second kappa shape index (κ2) is 5.43. The molecule has 0 fully saturated rings. The minimum Gasteiger partial charge on any atom is -0.493 e. The van der Waals surface area contributed by atoms with Crippen LogP contribution in [0, 0.1) is 0 Å². The van der Waals surface area contributed by atoms with E-state index >= 15 is 0 Å². The standard InChI is InChI=1S/C10H15NO4/c1-12-8-4-7(6-15-11)5-9(13-2)10(8)14-3/h4-5H,6,11H2,1-3H3. The Hall–Kier alpha value is -1.46. The topological polar surface area (TPSA) is 62.9 Å². The third-order valence-electron chi connectivity index (χ3n) is 1.97. The molecule has 0 saturated carbocycles. The normalized spacial score (nSPS) is 9.87. The summed E-state index contributed by atoms with van der Waals surface area (Å²) in [6, 6.07) is 3.57. The Morgan fingerprint density at radius 1 is 1.00 bits per heavy atom. The highest BCUT2D eigenvalue weighted by Gasteiger charge is 2.12. The summed E-state index contributed by atoms with van der Waals surface area (Å²) in [4.78, 5) is 4.55. The van der Waals surface area contributed by atoms with E-state index in [9.17, 15) is 0 Å². The van der Waals surface area contributed by atoms with Gasteiger partial charge in [0.2, 0.25) is 5.75 Å². The molecule has 0 saturated heterocycles. The van der Waals surface area contributed by atoms with Crippen LogP contribution >= 0.6 is 0 Å². The van der Waals surface area contributed by atoms with Crippen molar-refractivity contribution in [2.45, 2.75) is 6.61 Å². The summed E-state index contributed by atoms with van der Waals surface area (Å²) in [7, 11) is 4.67. The molecular formula is C10H15NO4. The first-order valence-corrected chi connectivity index (χ1v) is 4.37. The number of ether oxygens (including phenoxy) is 3. The van der Waals surface area contributed by atoms with Crippen molar-refractivity contribution in [3.8, 4) is 17.2 Å². The van der Waals surface area contributed by atoms with Crippen LogP contribution in [0.1, 0.15) is 5.56 Å². The summed E-state index contributed by atoms with van der Waals surface area (Å²) in [6.07, 6.45) is 0. The lowest BCUT2D eigenvalue weighted by Crippen LogP contribution is -2.01. The molecule has 5 nitrogen and oxygen atoms in total. The van der Waals surface area contributed by atoms with E-state index in [2.05, 4.69) is 4.84 Å². The summed E-state index contributed by atoms with van der Waals surface area (Å²) >= 11 is 0. The molecule has 0 spiro atoms. The van der Waals surface area contributed by atoms with Crippen molar-refractivity contribution in [2.24, 2.45) is 5.90 Å². The molecule has 0 bridgehead atoms. The molecule has 1 aromatic rings. The largest absolute Gasteiger partial charge is 0.493 e. The van der Waals surface area contributed by atoms with Gasteiger partial charge < -0.3 is 14.2 Å². The lowest BCUT2D eigenvalue weighted by molar-refractivity contribution is 0.123. The van der Waals surface area contributed by atoms with E-state index in [1.54, 1.807) is 33.5 Å². The Kier molecular flexibility index (Phi) is 4.20. The molecule has 0 aliphatic rings. The zero-order valence-corrected chi connectivity index (χ0v) is 9.07. The molecule has 15 heavy (non-hydrogen) atoms. The van der Waals surface area contributed by atoms with Crippen molar-refractivity contribution >= 4 is 0 Å². The first-order valence-electron chi connectivity index (χ1n) is 4.37. The van der Waals surface area contributed by atoms with Gasteiger partial charge in [0.05, 0.1) is 27.9 Å². The lowest BCUT2D eigenvalue weighted by Gasteiger charge is -2.13. The molecule has 5 heteroatoms. The molecule has 2 N–H and O–H groups in total. The molecular weight excluding hydrogens is 198 g/mol. The van der Waals surface area contributed by atoms with Gasteiger partial charge in [-0.15, -0.1) is 0 Å². The van der Waals surface area contributed by atoms with E-state index in [4.69, 9.17) is 20.1 Å². The van der Waals surface area contributed by atoms with Crippen molar-refractivity contribution in [1.29, 1.82) is 0 Å². The van der Waals surface area contributed by atoms with E-state index < -0.39 is 0 Å². The highest BCUT2D eigenvalue weighted by Crippen LogP contribution is 2.38. The number of nitrogens with two attached hydrogens (primary N) is 1. The van der Waals surface area contributed by atoms with Crippen LogP contribution in [-0.4, -0.2) is 21.3 Å². The third-order valence-corrected chi connectivity index (χ3v) is 1.97. The van der Waals surface area contributed by atoms with Crippen LogP contribution in [0.4, 0.5) is 0 Å². The van der Waals surface area contributed by atoms with Crippen molar-refractivity contribution < 1.29 is 19.0 Å². The van der Waals surface area contributed by atoms with E-state index in [1.165, 1.54) is 0 Å². The maximum Gasteiger partial charge on any atom is 0.203 e. The van der Waals surface area contributed by atoms with Crippen molar-refractivity contribution in [3.05, 3.63) is 17.7 Å². The molecule has 0 radical (unpaired) electrons. The number of methoxy groups -OCH3 is 3. The fraction of sp³-hybridized carbons (Fsp3) is 0.400. The van der Waals surface area contributed by atoms with Crippen LogP contribution in [0.25, 0.3) is 0 Å². The number of hydrogen-bond acceptors (Lipinski definition) is 5. The molecule has 1 rings (SSSR count). The molecule has 0 heterocycles. The Balaban J connectivity index is 3.16. The van der Waals surface area contributed by atoms with Crippen LogP contribution in [0.3, 0.4) is 0 Å². The van der Waals surface area contributed by atoms with Gasteiger partial charge in [0.25, 0.3) is 0 Å². The monoisotopic (exact) mass is 213 g/mol. The summed E-state index contributed by atoms with van der Waals surface area (Å²) in [5.41, 5.74) is 0.854. The van der Waals surface area contributed by atoms with Crippen LogP contribution in [0.5, 0.6) is 17.2 Å². The quantitative estimate of drug-likeness (QED) is 0.742. The Bertz CT molecular complexity index is 302. The van der Waals surface area contributed by atoms with Gasteiger partial charge in [0.1, 0.15) is 0 Å². The number of rotatable bonds is 5. The summed E-state index contributed by atoms with van der Waals surface area (Å²) < 4.78 is 15.5. The Morgan fingerprint density at radius 2 is 1.53 bits per heavy atom. The molecule has 0 aromatic heterocycles. The fourth-order valence-electron chi connectivity index (χ4n) is 1.31. The first-order chi connectivity index (χ1) is 7.26. The van der Waals surface area contributed by atoms with E-state index in [0.717, 1.165) is 5.56 Å². The molecule has 0 atom stereocenters. The van der Waals surface area contributed by atoms with Gasteiger partial charge in [-0.1, -0.05) is 0 Å². The molecule has 0 unspecified atom stereocenters. The predicted octanol–water partition coefficient (Wildman–Crippen LogP) is 1.10. The van der Waals surface area contributed by atoms with Gasteiger partial charge in [-0.2, -0.15) is 0 Å². The second-order valence-electron chi connectivity index (χ2n) is 2.84. The fourth-order valence-corrected chi connectivity index (χ4v) is 1.31. The molecule has 0 aliphatic carbocycles. The van der Waals surface area contributed by atoms with Crippen molar-refractivity contribution in [2.75, 3.05) is 21.3 Å². The van der Waals surface area contributed by atoms with E-state index in [-0.39, 0.29) is 6.61 Å². The number of hydrogen-bond donors (Lipinski definition) is 1. The van der Waals surface area contributed by atoms with Crippen molar-refractivity contribution in [1.82, 2.24) is 0 Å². The minimum atomic E-state index is 0.288. The smallest absolute Gasteiger partial charge is 0.203 e. The lowest BCUT2D eigenvalue weighted by atomic mass is 10.2. The van der Waals surface area contributed by atoms with E-state index in [0.29, 0.717) is 17.2 Å².